The molecule has 2 rings (SSSR count). The minimum absolute atomic E-state index is 0.0909. The minimum atomic E-state index is -0.132. The summed E-state index contributed by atoms with van der Waals surface area (Å²) < 4.78 is 0.870. The van der Waals surface area contributed by atoms with Gasteiger partial charge in [-0.25, -0.2) is 0 Å². The van der Waals surface area contributed by atoms with E-state index < -0.39 is 0 Å². The summed E-state index contributed by atoms with van der Waals surface area (Å²) in [4.78, 5) is 23.8. The maximum atomic E-state index is 11.9. The molecule has 5 nitrogen and oxygen atoms in total. The molecule has 1 fully saturated rings. The summed E-state index contributed by atoms with van der Waals surface area (Å²) in [5.74, 6) is 0.0626. The van der Waals surface area contributed by atoms with Crippen molar-refractivity contribution >= 4 is 27.7 Å². The highest BCUT2D eigenvalue weighted by Crippen LogP contribution is 2.12. The number of carbonyl (C=O) groups is 2. The normalized spacial score (nSPS) is 15.5. The Bertz CT molecular complexity index is 501. The van der Waals surface area contributed by atoms with Gasteiger partial charge in [-0.1, -0.05) is 22.0 Å². The molecule has 0 bridgehead atoms. The third-order valence-electron chi connectivity index (χ3n) is 3.51. The van der Waals surface area contributed by atoms with E-state index in [1.54, 1.807) is 12.1 Å². The molecule has 1 saturated heterocycles. The molecule has 114 valence electrons. The van der Waals surface area contributed by atoms with Crippen LogP contribution in [-0.4, -0.2) is 38.0 Å². The van der Waals surface area contributed by atoms with Gasteiger partial charge in [0.15, 0.2) is 0 Å². The molecule has 1 aromatic carbocycles. The molecular formula is C15H20BrN3O2. The molecule has 0 aromatic heterocycles. The number of hydrogen-bond acceptors (Lipinski definition) is 3. The van der Waals surface area contributed by atoms with Crippen LogP contribution in [-0.2, 0) is 4.79 Å². The quantitative estimate of drug-likeness (QED) is 0.698. The number of amides is 2. The Labute approximate surface area is 133 Å². The smallest absolute Gasteiger partial charge is 0.251 e. The largest absolute Gasteiger partial charge is 0.354 e. The van der Waals surface area contributed by atoms with E-state index in [0.717, 1.165) is 30.4 Å². The molecule has 1 heterocycles. The van der Waals surface area contributed by atoms with Crippen molar-refractivity contribution in [2.45, 2.75) is 12.8 Å². The van der Waals surface area contributed by atoms with Crippen molar-refractivity contribution in [1.29, 1.82) is 0 Å². The fourth-order valence-electron chi connectivity index (χ4n) is 2.32. The number of rotatable bonds is 5. The van der Waals surface area contributed by atoms with Crippen LogP contribution in [0.3, 0.4) is 0 Å². The van der Waals surface area contributed by atoms with E-state index in [9.17, 15) is 9.59 Å². The molecule has 1 aromatic rings. The Morgan fingerprint density at radius 1 is 1.19 bits per heavy atom. The molecule has 0 saturated carbocycles. The second-order valence-corrected chi connectivity index (χ2v) is 6.00. The fourth-order valence-corrected chi connectivity index (χ4v) is 2.72. The lowest BCUT2D eigenvalue weighted by atomic mass is 9.97. The molecule has 6 heteroatoms. The third kappa shape index (κ3) is 5.13. The van der Waals surface area contributed by atoms with Crippen molar-refractivity contribution in [2.24, 2.45) is 5.92 Å². The van der Waals surface area contributed by atoms with Crippen LogP contribution < -0.4 is 16.0 Å². The van der Waals surface area contributed by atoms with Crippen LogP contribution in [0.5, 0.6) is 0 Å². The number of halogens is 1. The Balaban J connectivity index is 1.67. The van der Waals surface area contributed by atoms with E-state index in [1.165, 1.54) is 0 Å². The van der Waals surface area contributed by atoms with Crippen molar-refractivity contribution in [3.8, 4) is 0 Å². The minimum Gasteiger partial charge on any atom is -0.354 e. The lowest BCUT2D eigenvalue weighted by molar-refractivity contribution is -0.125. The summed E-state index contributed by atoms with van der Waals surface area (Å²) in [5.41, 5.74) is 0.606. The summed E-state index contributed by atoms with van der Waals surface area (Å²) in [6, 6.07) is 7.21. The molecule has 0 unspecified atom stereocenters. The molecule has 0 radical (unpaired) electrons. The maximum absolute atomic E-state index is 11.9. The lowest BCUT2D eigenvalue weighted by Gasteiger charge is -2.21. The van der Waals surface area contributed by atoms with E-state index in [4.69, 9.17) is 0 Å². The molecule has 0 aliphatic carbocycles. The number of benzene rings is 1. The van der Waals surface area contributed by atoms with E-state index >= 15 is 0 Å². The van der Waals surface area contributed by atoms with Gasteiger partial charge in [0.1, 0.15) is 0 Å². The fraction of sp³-hybridized carbons (Fsp3) is 0.467. The van der Waals surface area contributed by atoms with Crippen molar-refractivity contribution in [3.05, 3.63) is 34.3 Å². The second kappa shape index (κ2) is 8.14. The zero-order chi connectivity index (χ0) is 15.1. The lowest BCUT2D eigenvalue weighted by Crippen LogP contribution is -2.41. The van der Waals surface area contributed by atoms with E-state index in [2.05, 4.69) is 31.9 Å². The number of hydrogen-bond donors (Lipinski definition) is 3. The van der Waals surface area contributed by atoms with Gasteiger partial charge in [-0.3, -0.25) is 9.59 Å². The Morgan fingerprint density at radius 2 is 1.90 bits per heavy atom. The van der Waals surface area contributed by atoms with Crippen LogP contribution in [0, 0.1) is 5.92 Å². The third-order valence-corrected chi connectivity index (χ3v) is 4.00. The molecule has 0 spiro atoms. The van der Waals surface area contributed by atoms with Crippen LogP contribution in [0.25, 0.3) is 0 Å². The first-order valence-electron chi connectivity index (χ1n) is 7.19. The van der Waals surface area contributed by atoms with Gasteiger partial charge in [-0.2, -0.15) is 0 Å². The van der Waals surface area contributed by atoms with Crippen molar-refractivity contribution in [3.63, 3.8) is 0 Å². The van der Waals surface area contributed by atoms with Gasteiger partial charge in [0.2, 0.25) is 5.91 Å². The van der Waals surface area contributed by atoms with E-state index in [-0.39, 0.29) is 17.7 Å². The highest BCUT2D eigenvalue weighted by Gasteiger charge is 2.20. The Kier molecular flexibility index (Phi) is 6.20. The number of piperidine rings is 1. The first kappa shape index (κ1) is 16.0. The molecule has 1 aliphatic rings. The molecule has 1 aliphatic heterocycles. The zero-order valence-corrected chi connectivity index (χ0v) is 13.4. The van der Waals surface area contributed by atoms with E-state index in [1.807, 2.05) is 12.1 Å². The van der Waals surface area contributed by atoms with Gasteiger partial charge in [-0.15, -0.1) is 0 Å². The summed E-state index contributed by atoms with van der Waals surface area (Å²) >= 11 is 3.33. The van der Waals surface area contributed by atoms with Gasteiger partial charge in [0.05, 0.1) is 0 Å². The van der Waals surface area contributed by atoms with Gasteiger partial charge >= 0.3 is 0 Å². The summed E-state index contributed by atoms with van der Waals surface area (Å²) in [6.07, 6.45) is 1.77. The van der Waals surface area contributed by atoms with Crippen molar-refractivity contribution < 1.29 is 9.59 Å². The van der Waals surface area contributed by atoms with Gasteiger partial charge in [0, 0.05) is 29.0 Å². The monoisotopic (exact) mass is 353 g/mol. The van der Waals surface area contributed by atoms with Crippen LogP contribution in [0.1, 0.15) is 23.2 Å². The van der Waals surface area contributed by atoms with Gasteiger partial charge in [-0.05, 0) is 44.1 Å². The standard InChI is InChI=1S/C15H20BrN3O2/c16-13-3-1-2-12(10-13)15(21)19-9-8-18-14(20)11-4-6-17-7-5-11/h1-3,10-11,17H,4-9H2,(H,18,20)(H,19,21). The average Bonchev–Trinajstić information content (AvgIpc) is 2.52. The Morgan fingerprint density at radius 3 is 2.62 bits per heavy atom. The predicted molar refractivity (Wildman–Crippen MR) is 85.1 cm³/mol. The van der Waals surface area contributed by atoms with Crippen molar-refractivity contribution in [1.82, 2.24) is 16.0 Å². The molecule has 3 N–H and O–H groups in total. The van der Waals surface area contributed by atoms with Crippen molar-refractivity contribution in [2.75, 3.05) is 26.2 Å². The average molecular weight is 354 g/mol. The zero-order valence-electron chi connectivity index (χ0n) is 11.8. The summed E-state index contributed by atoms with van der Waals surface area (Å²) in [6.45, 7) is 2.69. The maximum Gasteiger partial charge on any atom is 0.251 e. The highest BCUT2D eigenvalue weighted by molar-refractivity contribution is 9.10. The SMILES string of the molecule is O=C(NCCNC(=O)C1CCNCC1)c1cccc(Br)c1. The van der Waals surface area contributed by atoms with Crippen LogP contribution in [0.2, 0.25) is 0 Å². The Hall–Kier alpha value is -1.40. The first-order valence-corrected chi connectivity index (χ1v) is 7.98. The number of carbonyl (C=O) groups excluding carboxylic acids is 2. The van der Waals surface area contributed by atoms with Crippen LogP contribution in [0.15, 0.2) is 28.7 Å². The second-order valence-electron chi connectivity index (χ2n) is 5.08. The van der Waals surface area contributed by atoms with Crippen LogP contribution in [0.4, 0.5) is 0 Å². The highest BCUT2D eigenvalue weighted by atomic mass is 79.9. The molecule has 2 amide bonds. The molecule has 21 heavy (non-hydrogen) atoms. The van der Waals surface area contributed by atoms with Gasteiger partial charge < -0.3 is 16.0 Å². The van der Waals surface area contributed by atoms with E-state index in [0.29, 0.717) is 18.7 Å². The topological polar surface area (TPSA) is 70.2 Å². The first-order chi connectivity index (χ1) is 10.2. The summed E-state index contributed by atoms with van der Waals surface area (Å²) in [5, 5.41) is 8.91. The molecule has 0 atom stereocenters. The van der Waals surface area contributed by atoms with Gasteiger partial charge in [0.25, 0.3) is 5.91 Å². The van der Waals surface area contributed by atoms with Crippen LogP contribution >= 0.6 is 15.9 Å². The number of nitrogens with one attached hydrogen (secondary N) is 3. The molecular weight excluding hydrogens is 334 g/mol. The summed E-state index contributed by atoms with van der Waals surface area (Å²) in [7, 11) is 0. The predicted octanol–water partition coefficient (Wildman–Crippen LogP) is 1.29.